The maximum atomic E-state index is 11.3. The predicted octanol–water partition coefficient (Wildman–Crippen LogP) is 4.54. The summed E-state index contributed by atoms with van der Waals surface area (Å²) in [4.78, 5) is 11.3. The van der Waals surface area contributed by atoms with Gasteiger partial charge in [0.2, 0.25) is 0 Å². The number of carbonyl (C=O) groups is 1. The highest BCUT2D eigenvalue weighted by Gasteiger charge is 2.37. The van der Waals surface area contributed by atoms with Crippen LogP contribution in [0.1, 0.15) is 57.4 Å². The number of benzene rings is 1. The average Bonchev–Trinajstić information content (AvgIpc) is 2.99. The highest BCUT2D eigenvalue weighted by Crippen LogP contribution is 2.30. The molecule has 0 heterocycles. The summed E-state index contributed by atoms with van der Waals surface area (Å²) in [5.41, 5.74) is 1.17. The van der Waals surface area contributed by atoms with Crippen molar-refractivity contribution in [2.45, 2.75) is 70.7 Å². The molecule has 0 spiro atoms. The number of carbonyl (C=O) groups excluding carboxylic acids is 1. The van der Waals surface area contributed by atoms with Gasteiger partial charge in [0.1, 0.15) is 6.29 Å². The van der Waals surface area contributed by atoms with Crippen LogP contribution in [0.25, 0.3) is 0 Å². The molecule has 3 atom stereocenters. The number of ether oxygens (including phenoxy) is 2. The minimum absolute atomic E-state index is 0.00795. The molecule has 3 nitrogen and oxygen atoms in total. The maximum Gasteiger partial charge on any atom is 0.125 e. The van der Waals surface area contributed by atoms with Gasteiger partial charge in [-0.05, 0) is 24.8 Å². The van der Waals surface area contributed by atoms with Crippen LogP contribution >= 0.6 is 0 Å². The maximum absolute atomic E-state index is 11.3. The van der Waals surface area contributed by atoms with Crippen molar-refractivity contribution >= 4 is 6.29 Å². The van der Waals surface area contributed by atoms with Crippen molar-refractivity contribution in [1.29, 1.82) is 0 Å². The van der Waals surface area contributed by atoms with Crippen molar-refractivity contribution < 1.29 is 14.3 Å². The molecule has 2 rings (SSSR count). The second kappa shape index (κ2) is 10.6. The first-order chi connectivity index (χ1) is 11.3. The Morgan fingerprint density at radius 3 is 2.57 bits per heavy atom. The van der Waals surface area contributed by atoms with Gasteiger partial charge < -0.3 is 14.3 Å². The van der Waals surface area contributed by atoms with Gasteiger partial charge >= 0.3 is 0 Å². The summed E-state index contributed by atoms with van der Waals surface area (Å²) in [6.07, 6.45) is 8.93. The molecule has 23 heavy (non-hydrogen) atoms. The Hall–Kier alpha value is -1.19. The normalized spacial score (nSPS) is 24.0. The molecule has 128 valence electrons. The zero-order valence-electron chi connectivity index (χ0n) is 14.3. The fourth-order valence-electron chi connectivity index (χ4n) is 3.22. The summed E-state index contributed by atoms with van der Waals surface area (Å²) >= 11 is 0. The molecule has 0 aromatic heterocycles. The van der Waals surface area contributed by atoms with Crippen LogP contribution in [0, 0.1) is 5.92 Å². The van der Waals surface area contributed by atoms with Gasteiger partial charge in [-0.25, -0.2) is 0 Å². The average molecular weight is 318 g/mol. The SMILES string of the molecule is CCCCCCCO[C@@H]1[C@@H](C=O)CC[C@H]1OCc1ccccc1. The van der Waals surface area contributed by atoms with Crippen molar-refractivity contribution in [3.8, 4) is 0 Å². The first-order valence-electron chi connectivity index (χ1n) is 9.07. The van der Waals surface area contributed by atoms with Crippen molar-refractivity contribution in [3.63, 3.8) is 0 Å². The minimum atomic E-state index is -0.0672. The fourth-order valence-corrected chi connectivity index (χ4v) is 3.22. The topological polar surface area (TPSA) is 35.5 Å². The van der Waals surface area contributed by atoms with Crippen LogP contribution < -0.4 is 0 Å². The highest BCUT2D eigenvalue weighted by molar-refractivity contribution is 5.55. The van der Waals surface area contributed by atoms with Crippen LogP contribution in [0.3, 0.4) is 0 Å². The lowest BCUT2D eigenvalue weighted by Gasteiger charge is -2.23. The summed E-state index contributed by atoms with van der Waals surface area (Å²) < 4.78 is 12.1. The molecular weight excluding hydrogens is 288 g/mol. The van der Waals surface area contributed by atoms with E-state index in [0.717, 1.165) is 32.2 Å². The molecule has 0 radical (unpaired) electrons. The van der Waals surface area contributed by atoms with Crippen molar-refractivity contribution in [2.75, 3.05) is 6.61 Å². The molecule has 0 unspecified atom stereocenters. The number of aldehydes is 1. The van der Waals surface area contributed by atoms with Gasteiger partial charge in [0.05, 0.1) is 18.8 Å². The molecule has 1 fully saturated rings. The largest absolute Gasteiger partial charge is 0.375 e. The first-order valence-corrected chi connectivity index (χ1v) is 9.07. The second-order valence-electron chi connectivity index (χ2n) is 6.46. The molecule has 1 aliphatic carbocycles. The minimum Gasteiger partial charge on any atom is -0.375 e. The zero-order valence-corrected chi connectivity index (χ0v) is 14.3. The van der Waals surface area contributed by atoms with Gasteiger partial charge in [-0.2, -0.15) is 0 Å². The Balaban J connectivity index is 1.75. The van der Waals surface area contributed by atoms with Gasteiger partial charge in [0.15, 0.2) is 0 Å². The third-order valence-electron chi connectivity index (χ3n) is 4.61. The van der Waals surface area contributed by atoms with Crippen molar-refractivity contribution in [3.05, 3.63) is 35.9 Å². The van der Waals surface area contributed by atoms with Crippen LogP contribution in [0.15, 0.2) is 30.3 Å². The van der Waals surface area contributed by atoms with Gasteiger partial charge in [-0.15, -0.1) is 0 Å². The summed E-state index contributed by atoms with van der Waals surface area (Å²) in [6.45, 7) is 3.55. The van der Waals surface area contributed by atoms with E-state index in [1.54, 1.807) is 0 Å². The van der Waals surface area contributed by atoms with E-state index in [1.165, 1.54) is 31.2 Å². The number of rotatable bonds is 11. The van der Waals surface area contributed by atoms with Crippen LogP contribution in [0.4, 0.5) is 0 Å². The van der Waals surface area contributed by atoms with Crippen LogP contribution in [-0.4, -0.2) is 25.1 Å². The molecule has 3 heteroatoms. The van der Waals surface area contributed by atoms with Crippen LogP contribution in [0.5, 0.6) is 0 Å². The van der Waals surface area contributed by atoms with Crippen LogP contribution in [-0.2, 0) is 20.9 Å². The molecule has 0 amide bonds. The van der Waals surface area contributed by atoms with E-state index in [2.05, 4.69) is 19.1 Å². The second-order valence-corrected chi connectivity index (χ2v) is 6.46. The van der Waals surface area contributed by atoms with E-state index in [0.29, 0.717) is 6.61 Å². The van der Waals surface area contributed by atoms with Gasteiger partial charge in [-0.1, -0.05) is 62.9 Å². The monoisotopic (exact) mass is 318 g/mol. The number of unbranched alkanes of at least 4 members (excludes halogenated alkanes) is 4. The van der Waals surface area contributed by atoms with E-state index >= 15 is 0 Å². The van der Waals surface area contributed by atoms with E-state index < -0.39 is 0 Å². The van der Waals surface area contributed by atoms with Crippen molar-refractivity contribution in [2.24, 2.45) is 5.92 Å². The highest BCUT2D eigenvalue weighted by atomic mass is 16.5. The molecule has 0 bridgehead atoms. The van der Waals surface area contributed by atoms with E-state index in [9.17, 15) is 4.79 Å². The molecule has 0 aliphatic heterocycles. The third-order valence-corrected chi connectivity index (χ3v) is 4.61. The number of hydrogen-bond acceptors (Lipinski definition) is 3. The quantitative estimate of drug-likeness (QED) is 0.444. The Morgan fingerprint density at radius 2 is 1.83 bits per heavy atom. The predicted molar refractivity (Wildman–Crippen MR) is 92.3 cm³/mol. The Morgan fingerprint density at radius 1 is 1.04 bits per heavy atom. The third kappa shape index (κ3) is 6.08. The fraction of sp³-hybridized carbons (Fsp3) is 0.650. The van der Waals surface area contributed by atoms with E-state index in [4.69, 9.17) is 9.47 Å². The Bertz CT molecular complexity index is 432. The lowest BCUT2D eigenvalue weighted by Crippen LogP contribution is -2.32. The molecule has 0 N–H and O–H groups in total. The molecule has 0 saturated heterocycles. The zero-order chi connectivity index (χ0) is 16.3. The first kappa shape index (κ1) is 18.2. The van der Waals surface area contributed by atoms with Crippen LogP contribution in [0.2, 0.25) is 0 Å². The molecule has 1 aromatic carbocycles. The summed E-state index contributed by atoms with van der Waals surface area (Å²) in [6, 6.07) is 10.2. The van der Waals surface area contributed by atoms with Gasteiger partial charge in [-0.3, -0.25) is 0 Å². The molecule has 1 saturated carbocycles. The smallest absolute Gasteiger partial charge is 0.125 e. The standard InChI is InChI=1S/C20H30O3/c1-2-3-4-5-9-14-22-20-18(15-21)12-13-19(20)23-16-17-10-7-6-8-11-17/h6-8,10-11,15,18-20H,2-5,9,12-14,16H2,1H3/t18-,19-,20-/m1/s1. The van der Waals surface area contributed by atoms with E-state index in [1.807, 2.05) is 18.2 Å². The van der Waals surface area contributed by atoms with Gasteiger partial charge in [0, 0.05) is 12.5 Å². The lowest BCUT2D eigenvalue weighted by atomic mass is 10.1. The number of hydrogen-bond donors (Lipinski definition) is 0. The summed E-state index contributed by atoms with van der Waals surface area (Å²) in [5, 5.41) is 0. The molecular formula is C20H30O3. The van der Waals surface area contributed by atoms with Crippen molar-refractivity contribution in [1.82, 2.24) is 0 Å². The molecule has 1 aromatic rings. The lowest BCUT2D eigenvalue weighted by molar-refractivity contribution is -0.120. The Kier molecular flexibility index (Phi) is 8.33. The summed E-state index contributed by atoms with van der Waals surface area (Å²) in [5.74, 6) is -0.00795. The van der Waals surface area contributed by atoms with Gasteiger partial charge in [0.25, 0.3) is 0 Å². The molecule has 1 aliphatic rings. The summed E-state index contributed by atoms with van der Waals surface area (Å²) in [7, 11) is 0. The Labute approximate surface area is 140 Å². The van der Waals surface area contributed by atoms with E-state index in [-0.39, 0.29) is 18.1 Å².